The van der Waals surface area contributed by atoms with Crippen LogP contribution in [-0.2, 0) is 12.8 Å². The molecule has 1 aliphatic carbocycles. The van der Waals surface area contributed by atoms with E-state index >= 15 is 0 Å². The Morgan fingerprint density at radius 1 is 1.13 bits per heavy atom. The van der Waals surface area contributed by atoms with Crippen molar-refractivity contribution in [2.75, 3.05) is 0 Å². The molecule has 0 saturated heterocycles. The molecule has 1 aromatic rings. The number of hydrogen-bond donors (Lipinski definition) is 0. The summed E-state index contributed by atoms with van der Waals surface area (Å²) in [6.07, 6.45) is 6.76. The standard InChI is InChI=1S/C13H18.C2H6/c1-2-11-6-5-9-12-7-3-4-8-13(12)10-11;1-2/h3-4,7-8,11H,2,5-6,9-10H2,1H3;1-2H3. The summed E-state index contributed by atoms with van der Waals surface area (Å²) in [6.45, 7) is 6.32. The maximum Gasteiger partial charge on any atom is -0.0248 e. The molecule has 0 aliphatic heterocycles. The molecule has 0 radical (unpaired) electrons. The second kappa shape index (κ2) is 6.66. The summed E-state index contributed by atoms with van der Waals surface area (Å²) >= 11 is 0. The molecule has 1 aliphatic rings. The van der Waals surface area contributed by atoms with Gasteiger partial charge in [-0.3, -0.25) is 0 Å². The normalized spacial score (nSPS) is 19.5. The van der Waals surface area contributed by atoms with E-state index in [2.05, 4.69) is 31.2 Å². The van der Waals surface area contributed by atoms with Crippen LogP contribution in [0.1, 0.15) is 51.2 Å². The summed E-state index contributed by atoms with van der Waals surface area (Å²) in [5.41, 5.74) is 3.20. The van der Waals surface area contributed by atoms with Crippen molar-refractivity contribution in [3.8, 4) is 0 Å². The molecule has 0 bridgehead atoms. The fourth-order valence-electron chi connectivity index (χ4n) is 2.34. The Morgan fingerprint density at radius 3 is 2.47 bits per heavy atom. The quantitative estimate of drug-likeness (QED) is 0.586. The molecule has 0 fully saturated rings. The molecule has 1 aromatic carbocycles. The maximum atomic E-state index is 2.32. The highest BCUT2D eigenvalue weighted by atomic mass is 14.2. The summed E-state index contributed by atoms with van der Waals surface area (Å²) in [5, 5.41) is 0. The molecule has 0 saturated carbocycles. The fraction of sp³-hybridized carbons (Fsp3) is 0.600. The molecular formula is C15H24. The van der Waals surface area contributed by atoms with Crippen LogP contribution in [0.2, 0.25) is 0 Å². The van der Waals surface area contributed by atoms with E-state index in [1.807, 2.05) is 13.8 Å². The molecule has 84 valence electrons. The van der Waals surface area contributed by atoms with Crippen molar-refractivity contribution < 1.29 is 0 Å². The van der Waals surface area contributed by atoms with E-state index in [-0.39, 0.29) is 0 Å². The number of benzene rings is 1. The average Bonchev–Trinajstić information content (AvgIpc) is 2.53. The van der Waals surface area contributed by atoms with Crippen molar-refractivity contribution in [2.45, 2.75) is 52.9 Å². The summed E-state index contributed by atoms with van der Waals surface area (Å²) in [7, 11) is 0. The highest BCUT2D eigenvalue weighted by molar-refractivity contribution is 5.28. The molecule has 0 heterocycles. The van der Waals surface area contributed by atoms with Crippen molar-refractivity contribution >= 4 is 0 Å². The third-order valence-electron chi connectivity index (χ3n) is 3.26. The van der Waals surface area contributed by atoms with Crippen LogP contribution in [0.4, 0.5) is 0 Å². The van der Waals surface area contributed by atoms with Crippen LogP contribution in [0, 0.1) is 5.92 Å². The lowest BCUT2D eigenvalue weighted by atomic mass is 9.95. The van der Waals surface area contributed by atoms with Gasteiger partial charge in [-0.15, -0.1) is 0 Å². The highest BCUT2D eigenvalue weighted by Gasteiger charge is 2.14. The van der Waals surface area contributed by atoms with Crippen molar-refractivity contribution in [3.05, 3.63) is 35.4 Å². The molecule has 0 aromatic heterocycles. The van der Waals surface area contributed by atoms with Gasteiger partial charge in [0.1, 0.15) is 0 Å². The van der Waals surface area contributed by atoms with Crippen LogP contribution < -0.4 is 0 Å². The summed E-state index contributed by atoms with van der Waals surface area (Å²) in [5.74, 6) is 0.934. The fourth-order valence-corrected chi connectivity index (χ4v) is 2.34. The lowest BCUT2D eigenvalue weighted by Crippen LogP contribution is -2.00. The van der Waals surface area contributed by atoms with Crippen LogP contribution >= 0.6 is 0 Å². The molecule has 15 heavy (non-hydrogen) atoms. The zero-order chi connectivity index (χ0) is 11.1. The van der Waals surface area contributed by atoms with E-state index in [1.54, 1.807) is 11.1 Å². The third-order valence-corrected chi connectivity index (χ3v) is 3.26. The number of rotatable bonds is 1. The predicted molar refractivity (Wildman–Crippen MR) is 68.2 cm³/mol. The molecule has 1 atom stereocenters. The van der Waals surface area contributed by atoms with E-state index in [0.29, 0.717) is 0 Å². The van der Waals surface area contributed by atoms with E-state index in [4.69, 9.17) is 0 Å². The Kier molecular flexibility index (Phi) is 5.45. The van der Waals surface area contributed by atoms with Gasteiger partial charge in [0.2, 0.25) is 0 Å². The van der Waals surface area contributed by atoms with Crippen molar-refractivity contribution in [3.63, 3.8) is 0 Å². The topological polar surface area (TPSA) is 0 Å². The average molecular weight is 204 g/mol. The van der Waals surface area contributed by atoms with Gasteiger partial charge < -0.3 is 0 Å². The van der Waals surface area contributed by atoms with Gasteiger partial charge in [0, 0.05) is 0 Å². The van der Waals surface area contributed by atoms with Gasteiger partial charge in [-0.05, 0) is 42.7 Å². The zero-order valence-electron chi connectivity index (χ0n) is 10.4. The van der Waals surface area contributed by atoms with Gasteiger partial charge in [0.25, 0.3) is 0 Å². The van der Waals surface area contributed by atoms with Crippen molar-refractivity contribution in [1.29, 1.82) is 0 Å². The Bertz CT molecular complexity index is 275. The van der Waals surface area contributed by atoms with Gasteiger partial charge >= 0.3 is 0 Å². The summed E-state index contributed by atoms with van der Waals surface area (Å²) in [6, 6.07) is 8.96. The third kappa shape index (κ3) is 3.37. The van der Waals surface area contributed by atoms with E-state index in [0.717, 1.165) is 5.92 Å². The molecule has 0 N–H and O–H groups in total. The Morgan fingerprint density at radius 2 is 1.80 bits per heavy atom. The summed E-state index contributed by atoms with van der Waals surface area (Å²) < 4.78 is 0. The van der Waals surface area contributed by atoms with Crippen LogP contribution in [-0.4, -0.2) is 0 Å². The lowest BCUT2D eigenvalue weighted by molar-refractivity contribution is 0.466. The maximum absolute atomic E-state index is 2.32. The van der Waals surface area contributed by atoms with Crippen molar-refractivity contribution in [1.82, 2.24) is 0 Å². The monoisotopic (exact) mass is 204 g/mol. The molecule has 0 spiro atoms. The second-order valence-corrected chi connectivity index (χ2v) is 4.14. The minimum atomic E-state index is 0.934. The summed E-state index contributed by atoms with van der Waals surface area (Å²) in [4.78, 5) is 0. The van der Waals surface area contributed by atoms with Gasteiger partial charge in [0.15, 0.2) is 0 Å². The Hall–Kier alpha value is -0.780. The van der Waals surface area contributed by atoms with E-state index in [1.165, 1.54) is 32.1 Å². The first-order valence-electron chi connectivity index (χ1n) is 6.47. The van der Waals surface area contributed by atoms with Crippen LogP contribution in [0.15, 0.2) is 24.3 Å². The molecule has 2 rings (SSSR count). The van der Waals surface area contributed by atoms with Crippen LogP contribution in [0.3, 0.4) is 0 Å². The molecular weight excluding hydrogens is 180 g/mol. The minimum Gasteiger partial charge on any atom is -0.0683 e. The molecule has 0 heteroatoms. The van der Waals surface area contributed by atoms with Gasteiger partial charge in [-0.25, -0.2) is 0 Å². The molecule has 0 nitrogen and oxygen atoms in total. The number of aryl methyl sites for hydroxylation is 1. The lowest BCUT2D eigenvalue weighted by Gasteiger charge is -2.11. The first kappa shape index (κ1) is 12.3. The Labute approximate surface area is 94.7 Å². The van der Waals surface area contributed by atoms with Crippen molar-refractivity contribution in [2.24, 2.45) is 5.92 Å². The van der Waals surface area contributed by atoms with E-state index < -0.39 is 0 Å². The smallest absolute Gasteiger partial charge is 0.0248 e. The van der Waals surface area contributed by atoms with Gasteiger partial charge in [-0.1, -0.05) is 51.5 Å². The second-order valence-electron chi connectivity index (χ2n) is 4.14. The number of hydrogen-bond acceptors (Lipinski definition) is 0. The first-order chi connectivity index (χ1) is 7.40. The predicted octanol–water partition coefficient (Wildman–Crippen LogP) is 4.62. The molecule has 1 unspecified atom stereocenters. The Balaban J connectivity index is 0.000000531. The van der Waals surface area contributed by atoms with Crippen LogP contribution in [0.5, 0.6) is 0 Å². The van der Waals surface area contributed by atoms with Crippen LogP contribution in [0.25, 0.3) is 0 Å². The SMILES string of the molecule is CC.CCC1CCCc2ccccc2C1. The first-order valence-corrected chi connectivity index (χ1v) is 6.47. The van der Waals surface area contributed by atoms with E-state index in [9.17, 15) is 0 Å². The zero-order valence-corrected chi connectivity index (χ0v) is 10.4. The minimum absolute atomic E-state index is 0.934. The highest BCUT2D eigenvalue weighted by Crippen LogP contribution is 2.25. The van der Waals surface area contributed by atoms with Gasteiger partial charge in [0.05, 0.1) is 0 Å². The van der Waals surface area contributed by atoms with Gasteiger partial charge in [-0.2, -0.15) is 0 Å². The largest absolute Gasteiger partial charge is 0.0683 e. The molecule has 0 amide bonds. The number of fused-ring (bicyclic) bond motifs is 1.